The Balaban J connectivity index is 2.28. The zero-order chi connectivity index (χ0) is 23.0. The molecule has 0 saturated carbocycles. The maximum Gasteiger partial charge on any atom is 0.302 e. The molecule has 0 unspecified atom stereocenters. The smallest absolute Gasteiger partial charge is 0.302 e. The molecule has 0 bridgehead atoms. The number of nitrogens with one attached hydrogen (secondary N) is 1. The highest BCUT2D eigenvalue weighted by molar-refractivity contribution is 5.74. The molecule has 0 aliphatic carbocycles. The summed E-state index contributed by atoms with van der Waals surface area (Å²) in [6.07, 6.45) is 7.91. The second kappa shape index (κ2) is 15.3. The van der Waals surface area contributed by atoms with E-state index in [1.165, 1.54) is 20.8 Å². The third-order valence-electron chi connectivity index (χ3n) is 4.86. The van der Waals surface area contributed by atoms with Crippen molar-refractivity contribution in [3.63, 3.8) is 0 Å². The van der Waals surface area contributed by atoms with Crippen molar-refractivity contribution in [2.75, 3.05) is 19.8 Å². The standard InChI is InChI=1S/C24H37NO6/c1-20(26)25-24(18-30-21(2)27,19-31-22(3)28)16-12-7-5-4-6-8-13-17-29-23-14-10-9-11-15-23/h9-11,14-15H,4-8,12-13,16-19H2,1-3H3,(H,25,26). The third-order valence-corrected chi connectivity index (χ3v) is 4.86. The first-order valence-corrected chi connectivity index (χ1v) is 11.1. The van der Waals surface area contributed by atoms with Gasteiger partial charge >= 0.3 is 11.9 Å². The van der Waals surface area contributed by atoms with Gasteiger partial charge in [0.05, 0.1) is 6.61 Å². The fourth-order valence-electron chi connectivity index (χ4n) is 3.33. The maximum absolute atomic E-state index is 11.7. The Hall–Kier alpha value is -2.57. The van der Waals surface area contributed by atoms with E-state index < -0.39 is 17.5 Å². The monoisotopic (exact) mass is 435 g/mol. The molecule has 0 radical (unpaired) electrons. The van der Waals surface area contributed by atoms with Crippen LogP contribution in [-0.2, 0) is 23.9 Å². The van der Waals surface area contributed by atoms with Crippen LogP contribution in [-0.4, -0.2) is 43.2 Å². The average molecular weight is 436 g/mol. The zero-order valence-electron chi connectivity index (χ0n) is 19.1. The fraction of sp³-hybridized carbons (Fsp3) is 0.625. The molecule has 0 aromatic heterocycles. The first-order valence-electron chi connectivity index (χ1n) is 11.1. The number of para-hydroxylation sites is 1. The van der Waals surface area contributed by atoms with E-state index >= 15 is 0 Å². The molecule has 0 aliphatic heterocycles. The van der Waals surface area contributed by atoms with Crippen LogP contribution in [0.3, 0.4) is 0 Å². The van der Waals surface area contributed by atoms with Crippen LogP contribution >= 0.6 is 0 Å². The van der Waals surface area contributed by atoms with E-state index in [2.05, 4.69) is 5.32 Å². The molecule has 31 heavy (non-hydrogen) atoms. The lowest BCUT2D eigenvalue weighted by atomic mass is 9.93. The summed E-state index contributed by atoms with van der Waals surface area (Å²) < 4.78 is 16.0. The van der Waals surface area contributed by atoms with Gasteiger partial charge < -0.3 is 19.5 Å². The van der Waals surface area contributed by atoms with E-state index in [9.17, 15) is 14.4 Å². The van der Waals surface area contributed by atoms with Crippen molar-refractivity contribution < 1.29 is 28.6 Å². The van der Waals surface area contributed by atoms with Crippen LogP contribution in [0.4, 0.5) is 0 Å². The molecule has 174 valence electrons. The lowest BCUT2D eigenvalue weighted by Crippen LogP contribution is -2.55. The molecule has 0 saturated heterocycles. The Morgan fingerprint density at radius 1 is 0.774 bits per heavy atom. The Kier molecular flexibility index (Phi) is 13.0. The van der Waals surface area contributed by atoms with Crippen LogP contribution in [0.1, 0.15) is 72.1 Å². The molecule has 7 nitrogen and oxygen atoms in total. The molecule has 1 aromatic rings. The van der Waals surface area contributed by atoms with Gasteiger partial charge in [0.2, 0.25) is 5.91 Å². The van der Waals surface area contributed by atoms with Crippen molar-refractivity contribution in [2.45, 2.75) is 77.7 Å². The van der Waals surface area contributed by atoms with Crippen LogP contribution in [0.25, 0.3) is 0 Å². The van der Waals surface area contributed by atoms with E-state index in [0.29, 0.717) is 6.42 Å². The molecule has 0 spiro atoms. The van der Waals surface area contributed by atoms with Crippen molar-refractivity contribution in [3.05, 3.63) is 30.3 Å². The second-order valence-corrected chi connectivity index (χ2v) is 7.91. The fourth-order valence-corrected chi connectivity index (χ4v) is 3.33. The van der Waals surface area contributed by atoms with Crippen LogP contribution in [0.15, 0.2) is 30.3 Å². The largest absolute Gasteiger partial charge is 0.494 e. The molecule has 1 amide bonds. The molecular weight excluding hydrogens is 398 g/mol. The minimum atomic E-state index is -0.891. The molecule has 0 fully saturated rings. The Morgan fingerprint density at radius 2 is 1.29 bits per heavy atom. The Labute approximate surface area is 185 Å². The second-order valence-electron chi connectivity index (χ2n) is 7.91. The number of amides is 1. The minimum absolute atomic E-state index is 0.0173. The van der Waals surface area contributed by atoms with E-state index in [4.69, 9.17) is 14.2 Å². The highest BCUT2D eigenvalue weighted by atomic mass is 16.5. The van der Waals surface area contributed by atoms with Crippen LogP contribution in [0.2, 0.25) is 0 Å². The number of esters is 2. The summed E-state index contributed by atoms with van der Waals surface area (Å²) in [5.41, 5.74) is -0.891. The Bertz CT molecular complexity index is 643. The number of unbranched alkanes of at least 4 members (excludes halogenated alkanes) is 6. The van der Waals surface area contributed by atoms with E-state index in [0.717, 1.165) is 57.3 Å². The number of rotatable bonds is 16. The maximum atomic E-state index is 11.7. The first-order chi connectivity index (χ1) is 14.8. The number of ether oxygens (including phenoxy) is 3. The van der Waals surface area contributed by atoms with Crippen molar-refractivity contribution >= 4 is 17.8 Å². The number of carbonyl (C=O) groups excluding carboxylic acids is 3. The van der Waals surface area contributed by atoms with Gasteiger partial charge in [-0.05, 0) is 25.0 Å². The van der Waals surface area contributed by atoms with Gasteiger partial charge in [0.25, 0.3) is 0 Å². The highest BCUT2D eigenvalue weighted by Crippen LogP contribution is 2.19. The lowest BCUT2D eigenvalue weighted by Gasteiger charge is -2.33. The summed E-state index contributed by atoms with van der Waals surface area (Å²) in [7, 11) is 0. The predicted octanol–water partition coefficient (Wildman–Crippen LogP) is 4.19. The number of hydrogen-bond donors (Lipinski definition) is 1. The zero-order valence-corrected chi connectivity index (χ0v) is 19.1. The number of carbonyl (C=O) groups is 3. The molecule has 7 heteroatoms. The summed E-state index contributed by atoms with van der Waals surface area (Å²) in [4.78, 5) is 34.2. The van der Waals surface area contributed by atoms with Gasteiger partial charge in [0, 0.05) is 20.8 Å². The molecule has 0 atom stereocenters. The summed E-state index contributed by atoms with van der Waals surface area (Å²) >= 11 is 0. The molecular formula is C24H37NO6. The van der Waals surface area contributed by atoms with Crippen molar-refractivity contribution in [2.24, 2.45) is 0 Å². The predicted molar refractivity (Wildman–Crippen MR) is 119 cm³/mol. The van der Waals surface area contributed by atoms with Crippen LogP contribution in [0, 0.1) is 0 Å². The average Bonchev–Trinajstić information content (AvgIpc) is 2.72. The van der Waals surface area contributed by atoms with Gasteiger partial charge in [0.1, 0.15) is 24.5 Å². The van der Waals surface area contributed by atoms with Gasteiger partial charge in [-0.15, -0.1) is 0 Å². The first kappa shape index (κ1) is 26.5. The van der Waals surface area contributed by atoms with Crippen molar-refractivity contribution in [1.82, 2.24) is 5.32 Å². The van der Waals surface area contributed by atoms with Gasteiger partial charge in [-0.3, -0.25) is 14.4 Å². The highest BCUT2D eigenvalue weighted by Gasteiger charge is 2.33. The van der Waals surface area contributed by atoms with Gasteiger partial charge in [0.15, 0.2) is 0 Å². The summed E-state index contributed by atoms with van der Waals surface area (Å²) in [5.74, 6) is -0.215. The summed E-state index contributed by atoms with van der Waals surface area (Å²) in [6.45, 7) is 4.73. The quantitative estimate of drug-likeness (QED) is 0.309. The van der Waals surface area contributed by atoms with Crippen molar-refractivity contribution in [1.29, 1.82) is 0 Å². The van der Waals surface area contributed by atoms with Gasteiger partial charge in [-0.25, -0.2) is 0 Å². The Morgan fingerprint density at radius 3 is 1.81 bits per heavy atom. The normalized spacial score (nSPS) is 10.9. The lowest BCUT2D eigenvalue weighted by molar-refractivity contribution is -0.150. The van der Waals surface area contributed by atoms with Gasteiger partial charge in [-0.2, -0.15) is 0 Å². The molecule has 0 aliphatic rings. The van der Waals surface area contributed by atoms with E-state index in [1.807, 2.05) is 30.3 Å². The van der Waals surface area contributed by atoms with E-state index in [1.54, 1.807) is 0 Å². The summed E-state index contributed by atoms with van der Waals surface area (Å²) in [6, 6.07) is 9.83. The molecule has 0 heterocycles. The molecule has 1 rings (SSSR count). The SMILES string of the molecule is CC(=O)NC(CCCCCCCCCOc1ccccc1)(COC(C)=O)COC(C)=O. The van der Waals surface area contributed by atoms with Crippen LogP contribution in [0.5, 0.6) is 5.75 Å². The summed E-state index contributed by atoms with van der Waals surface area (Å²) in [5, 5.41) is 2.84. The van der Waals surface area contributed by atoms with Crippen LogP contribution < -0.4 is 10.1 Å². The van der Waals surface area contributed by atoms with Crippen molar-refractivity contribution in [3.8, 4) is 5.75 Å². The van der Waals surface area contributed by atoms with Gasteiger partial charge in [-0.1, -0.05) is 56.7 Å². The molecule has 1 aromatic carbocycles. The number of benzene rings is 1. The van der Waals surface area contributed by atoms with E-state index in [-0.39, 0.29) is 19.1 Å². The minimum Gasteiger partial charge on any atom is -0.494 e. The third kappa shape index (κ3) is 13.4. The topological polar surface area (TPSA) is 90.9 Å². The molecule has 1 N–H and O–H groups in total. The number of hydrogen-bond acceptors (Lipinski definition) is 6.